The van der Waals surface area contributed by atoms with Crippen molar-refractivity contribution in [1.82, 2.24) is 0 Å². The number of hydrogen-bond acceptors (Lipinski definition) is 3. The molecule has 0 atom stereocenters. The number of carbonyl (C=O) groups excluding carboxylic acids is 1. The van der Waals surface area contributed by atoms with Gasteiger partial charge in [0.25, 0.3) is 0 Å². The summed E-state index contributed by atoms with van der Waals surface area (Å²) in [5.41, 5.74) is 0.624. The van der Waals surface area contributed by atoms with E-state index in [4.69, 9.17) is 9.47 Å². The number of ether oxygens (including phenoxy) is 2. The van der Waals surface area contributed by atoms with Gasteiger partial charge in [0.2, 0.25) is 0 Å². The van der Waals surface area contributed by atoms with E-state index < -0.39 is 0 Å². The summed E-state index contributed by atoms with van der Waals surface area (Å²) in [6, 6.07) is 9.61. The molecule has 0 amide bonds. The van der Waals surface area contributed by atoms with Gasteiger partial charge in [0.15, 0.2) is 5.78 Å². The lowest BCUT2D eigenvalue weighted by atomic mass is 10.0. The highest BCUT2D eigenvalue weighted by Gasteiger charge is 2.10. The second-order valence-corrected chi connectivity index (χ2v) is 4.28. The summed E-state index contributed by atoms with van der Waals surface area (Å²) in [4.78, 5) is 11.6. The van der Waals surface area contributed by atoms with Gasteiger partial charge in [-0.3, -0.25) is 4.79 Å². The van der Waals surface area contributed by atoms with Crippen LogP contribution < -0.4 is 9.47 Å². The van der Waals surface area contributed by atoms with Gasteiger partial charge in [-0.1, -0.05) is 6.07 Å². The fourth-order valence-corrected chi connectivity index (χ4v) is 2.06. The maximum atomic E-state index is 11.6. The Morgan fingerprint density at radius 1 is 1.00 bits per heavy atom. The fourth-order valence-electron chi connectivity index (χ4n) is 2.06. The van der Waals surface area contributed by atoms with Crippen molar-refractivity contribution in [3.05, 3.63) is 35.9 Å². The highest BCUT2D eigenvalue weighted by atomic mass is 16.5. The number of ketones is 1. The van der Waals surface area contributed by atoms with Crippen LogP contribution in [0.3, 0.4) is 0 Å². The van der Waals surface area contributed by atoms with Crippen molar-refractivity contribution in [3.63, 3.8) is 0 Å². The Bertz CT molecular complexity index is 602. The standard InChI is InChI=1S/C16H18O3/c1-4-18-14-7-6-12-9-15(11(3)17)16(19-5-2)10-13(12)8-14/h6-10H,4-5H2,1-3H3. The third-order valence-electron chi connectivity index (χ3n) is 2.90. The molecule has 0 aliphatic carbocycles. The molecule has 2 aromatic carbocycles. The number of fused-ring (bicyclic) bond motifs is 1. The number of carbonyl (C=O) groups is 1. The molecule has 0 heterocycles. The predicted octanol–water partition coefficient (Wildman–Crippen LogP) is 3.84. The van der Waals surface area contributed by atoms with Gasteiger partial charge in [-0.25, -0.2) is 0 Å². The highest BCUT2D eigenvalue weighted by Crippen LogP contribution is 2.29. The van der Waals surface area contributed by atoms with Crippen LogP contribution in [0.15, 0.2) is 30.3 Å². The van der Waals surface area contributed by atoms with E-state index in [1.807, 2.05) is 44.2 Å². The zero-order chi connectivity index (χ0) is 13.8. The summed E-state index contributed by atoms with van der Waals surface area (Å²) in [7, 11) is 0. The highest BCUT2D eigenvalue weighted by molar-refractivity contribution is 6.01. The van der Waals surface area contributed by atoms with Crippen molar-refractivity contribution in [2.75, 3.05) is 13.2 Å². The summed E-state index contributed by atoms with van der Waals surface area (Å²) in [5.74, 6) is 1.48. The van der Waals surface area contributed by atoms with Gasteiger partial charge in [-0.15, -0.1) is 0 Å². The van der Waals surface area contributed by atoms with Gasteiger partial charge in [0.05, 0.1) is 18.8 Å². The minimum Gasteiger partial charge on any atom is -0.494 e. The van der Waals surface area contributed by atoms with Crippen molar-refractivity contribution in [2.24, 2.45) is 0 Å². The quantitative estimate of drug-likeness (QED) is 0.764. The SMILES string of the molecule is CCOc1ccc2cc(C(C)=O)c(OCC)cc2c1. The lowest BCUT2D eigenvalue weighted by Gasteiger charge is -2.11. The van der Waals surface area contributed by atoms with E-state index in [9.17, 15) is 4.79 Å². The third-order valence-corrected chi connectivity index (χ3v) is 2.90. The summed E-state index contributed by atoms with van der Waals surface area (Å²) >= 11 is 0. The van der Waals surface area contributed by atoms with E-state index in [1.165, 1.54) is 0 Å². The van der Waals surface area contributed by atoms with E-state index in [0.717, 1.165) is 16.5 Å². The molecule has 19 heavy (non-hydrogen) atoms. The smallest absolute Gasteiger partial charge is 0.163 e. The molecule has 0 unspecified atom stereocenters. The van der Waals surface area contributed by atoms with Crippen molar-refractivity contribution in [3.8, 4) is 11.5 Å². The van der Waals surface area contributed by atoms with Gasteiger partial charge in [0.1, 0.15) is 11.5 Å². The fraction of sp³-hybridized carbons (Fsp3) is 0.312. The van der Waals surface area contributed by atoms with Crippen LogP contribution >= 0.6 is 0 Å². The second kappa shape index (κ2) is 5.74. The number of benzene rings is 2. The number of Topliss-reactive ketones (excluding diaryl/α,β-unsaturated/α-hetero) is 1. The molecule has 0 bridgehead atoms. The van der Waals surface area contributed by atoms with Crippen LogP contribution in [0.5, 0.6) is 11.5 Å². The molecular weight excluding hydrogens is 240 g/mol. The zero-order valence-electron chi connectivity index (χ0n) is 11.5. The van der Waals surface area contributed by atoms with Crippen LogP contribution in [-0.4, -0.2) is 19.0 Å². The Morgan fingerprint density at radius 3 is 2.37 bits per heavy atom. The summed E-state index contributed by atoms with van der Waals surface area (Å²) in [6.45, 7) is 6.59. The van der Waals surface area contributed by atoms with Gasteiger partial charge >= 0.3 is 0 Å². The summed E-state index contributed by atoms with van der Waals surface area (Å²) in [5, 5.41) is 2.02. The molecular formula is C16H18O3. The minimum atomic E-state index is 0.0132. The van der Waals surface area contributed by atoms with Crippen LogP contribution in [-0.2, 0) is 0 Å². The van der Waals surface area contributed by atoms with E-state index >= 15 is 0 Å². The number of hydrogen-bond donors (Lipinski definition) is 0. The first-order valence-corrected chi connectivity index (χ1v) is 6.50. The lowest BCUT2D eigenvalue weighted by Crippen LogP contribution is -2.01. The maximum absolute atomic E-state index is 11.6. The van der Waals surface area contributed by atoms with Gasteiger partial charge in [-0.2, -0.15) is 0 Å². The third kappa shape index (κ3) is 2.87. The van der Waals surface area contributed by atoms with Crippen LogP contribution in [0.4, 0.5) is 0 Å². The Balaban J connectivity index is 2.56. The Kier molecular flexibility index (Phi) is 4.05. The van der Waals surface area contributed by atoms with E-state index in [2.05, 4.69) is 0 Å². The van der Waals surface area contributed by atoms with Crippen LogP contribution in [0.2, 0.25) is 0 Å². The minimum absolute atomic E-state index is 0.0132. The molecule has 0 aliphatic heterocycles. The molecule has 2 rings (SSSR count). The average Bonchev–Trinajstić information content (AvgIpc) is 2.38. The summed E-state index contributed by atoms with van der Waals surface area (Å²) < 4.78 is 11.0. The monoisotopic (exact) mass is 258 g/mol. The molecule has 0 saturated carbocycles. The van der Waals surface area contributed by atoms with Gasteiger partial charge in [-0.05, 0) is 55.8 Å². The first-order valence-electron chi connectivity index (χ1n) is 6.50. The molecule has 3 heteroatoms. The largest absolute Gasteiger partial charge is 0.494 e. The Labute approximate surface area is 113 Å². The van der Waals surface area contributed by atoms with Gasteiger partial charge in [0, 0.05) is 0 Å². The summed E-state index contributed by atoms with van der Waals surface area (Å²) in [6.07, 6.45) is 0. The number of rotatable bonds is 5. The average molecular weight is 258 g/mol. The van der Waals surface area contributed by atoms with E-state index in [1.54, 1.807) is 6.92 Å². The molecule has 0 fully saturated rings. The molecule has 0 radical (unpaired) electrons. The molecule has 100 valence electrons. The van der Waals surface area contributed by atoms with Crippen LogP contribution in [0.1, 0.15) is 31.1 Å². The van der Waals surface area contributed by atoms with Crippen molar-refractivity contribution < 1.29 is 14.3 Å². The first-order chi connectivity index (χ1) is 9.15. The Hall–Kier alpha value is -2.03. The van der Waals surface area contributed by atoms with E-state index in [0.29, 0.717) is 24.5 Å². The van der Waals surface area contributed by atoms with Crippen molar-refractivity contribution >= 4 is 16.6 Å². The molecule has 3 nitrogen and oxygen atoms in total. The van der Waals surface area contributed by atoms with Crippen LogP contribution in [0.25, 0.3) is 10.8 Å². The first kappa shape index (κ1) is 13.4. The molecule has 0 aliphatic rings. The van der Waals surface area contributed by atoms with Crippen LogP contribution in [0, 0.1) is 0 Å². The van der Waals surface area contributed by atoms with Gasteiger partial charge < -0.3 is 9.47 Å². The lowest BCUT2D eigenvalue weighted by molar-refractivity contribution is 0.101. The predicted molar refractivity (Wildman–Crippen MR) is 76.3 cm³/mol. The molecule has 0 aromatic heterocycles. The second-order valence-electron chi connectivity index (χ2n) is 4.28. The van der Waals surface area contributed by atoms with Crippen molar-refractivity contribution in [2.45, 2.75) is 20.8 Å². The Morgan fingerprint density at radius 2 is 1.74 bits per heavy atom. The zero-order valence-corrected chi connectivity index (χ0v) is 11.5. The molecule has 0 spiro atoms. The molecule has 0 N–H and O–H groups in total. The molecule has 2 aromatic rings. The normalized spacial score (nSPS) is 10.5. The topological polar surface area (TPSA) is 35.5 Å². The van der Waals surface area contributed by atoms with E-state index in [-0.39, 0.29) is 5.78 Å². The molecule has 0 saturated heterocycles. The van der Waals surface area contributed by atoms with Crippen molar-refractivity contribution in [1.29, 1.82) is 0 Å². The maximum Gasteiger partial charge on any atom is 0.163 e.